The summed E-state index contributed by atoms with van der Waals surface area (Å²) in [5.41, 5.74) is 0. The van der Waals surface area contributed by atoms with Crippen molar-refractivity contribution in [3.05, 3.63) is 30.3 Å². The molecule has 0 heterocycles. The molecule has 0 spiro atoms. The third-order valence-corrected chi connectivity index (χ3v) is 8.59. The van der Waals surface area contributed by atoms with Crippen molar-refractivity contribution < 1.29 is 9.53 Å². The zero-order valence-electron chi connectivity index (χ0n) is 14.3. The monoisotopic (exact) mass is 318 g/mol. The number of carbonyl (C=O) groups is 1. The molecule has 1 aliphatic rings. The number of hydrogen-bond donors (Lipinski definition) is 0. The molecule has 1 aromatic rings. The summed E-state index contributed by atoms with van der Waals surface area (Å²) < 4.78 is 5.54. The SMILES string of the molecule is CC(=O)O[C@@H]1CCCC[C@H]1CCC[Si](C)(C)c1ccccc1. The second-order valence-corrected chi connectivity index (χ2v) is 12.2. The van der Waals surface area contributed by atoms with Gasteiger partial charge in [-0.2, -0.15) is 0 Å². The Morgan fingerprint density at radius 2 is 1.86 bits per heavy atom. The summed E-state index contributed by atoms with van der Waals surface area (Å²) >= 11 is 0. The molecule has 1 saturated carbocycles. The zero-order valence-corrected chi connectivity index (χ0v) is 15.3. The van der Waals surface area contributed by atoms with Crippen LogP contribution in [0.25, 0.3) is 0 Å². The Bertz CT molecular complexity index is 470. The van der Waals surface area contributed by atoms with Crippen LogP contribution in [0.3, 0.4) is 0 Å². The van der Waals surface area contributed by atoms with Crippen LogP contribution in [0.1, 0.15) is 45.4 Å². The molecule has 2 rings (SSSR count). The van der Waals surface area contributed by atoms with Gasteiger partial charge in [-0.25, -0.2) is 0 Å². The van der Waals surface area contributed by atoms with Crippen LogP contribution in [0.4, 0.5) is 0 Å². The lowest BCUT2D eigenvalue weighted by Gasteiger charge is -2.32. The van der Waals surface area contributed by atoms with Crippen LogP contribution in [0.15, 0.2) is 30.3 Å². The lowest BCUT2D eigenvalue weighted by Crippen LogP contribution is -2.41. The van der Waals surface area contributed by atoms with E-state index in [-0.39, 0.29) is 12.1 Å². The Morgan fingerprint density at radius 3 is 2.55 bits per heavy atom. The third-order valence-electron chi connectivity index (χ3n) is 5.09. The molecule has 0 radical (unpaired) electrons. The molecule has 122 valence electrons. The quantitative estimate of drug-likeness (QED) is 0.570. The van der Waals surface area contributed by atoms with Crippen LogP contribution in [-0.2, 0) is 9.53 Å². The van der Waals surface area contributed by atoms with Gasteiger partial charge in [0, 0.05) is 6.92 Å². The molecule has 0 aliphatic heterocycles. The summed E-state index contributed by atoms with van der Waals surface area (Å²) in [7, 11) is -1.33. The summed E-state index contributed by atoms with van der Waals surface area (Å²) in [6, 6.07) is 12.3. The van der Waals surface area contributed by atoms with E-state index in [9.17, 15) is 4.79 Å². The van der Waals surface area contributed by atoms with E-state index in [1.807, 2.05) is 0 Å². The average Bonchev–Trinajstić information content (AvgIpc) is 2.49. The maximum atomic E-state index is 11.3. The summed E-state index contributed by atoms with van der Waals surface area (Å²) in [5, 5.41) is 1.55. The molecular weight excluding hydrogens is 288 g/mol. The Hall–Kier alpha value is -1.09. The Morgan fingerprint density at radius 1 is 1.18 bits per heavy atom. The van der Waals surface area contributed by atoms with E-state index in [0.29, 0.717) is 5.92 Å². The van der Waals surface area contributed by atoms with E-state index >= 15 is 0 Å². The molecule has 0 amide bonds. The summed E-state index contributed by atoms with van der Waals surface area (Å²) in [4.78, 5) is 11.3. The first-order chi connectivity index (χ1) is 10.5. The number of rotatable bonds is 6. The Labute approximate surface area is 136 Å². The van der Waals surface area contributed by atoms with Crippen molar-refractivity contribution in [3.63, 3.8) is 0 Å². The highest BCUT2D eigenvalue weighted by molar-refractivity contribution is 6.89. The van der Waals surface area contributed by atoms with Gasteiger partial charge < -0.3 is 4.74 Å². The number of benzene rings is 1. The molecule has 22 heavy (non-hydrogen) atoms. The summed E-state index contributed by atoms with van der Waals surface area (Å²) in [6.07, 6.45) is 7.43. The molecule has 3 heteroatoms. The van der Waals surface area contributed by atoms with Gasteiger partial charge in [-0.3, -0.25) is 4.79 Å². The molecule has 0 bridgehead atoms. The van der Waals surface area contributed by atoms with Gasteiger partial charge in [0.1, 0.15) is 6.10 Å². The van der Waals surface area contributed by atoms with Gasteiger partial charge in [-0.1, -0.05) is 67.5 Å². The Balaban J connectivity index is 1.85. The van der Waals surface area contributed by atoms with E-state index in [4.69, 9.17) is 4.74 Å². The smallest absolute Gasteiger partial charge is 0.302 e. The van der Waals surface area contributed by atoms with Crippen molar-refractivity contribution in [2.45, 2.75) is 70.7 Å². The highest BCUT2D eigenvalue weighted by Gasteiger charge is 2.29. The van der Waals surface area contributed by atoms with Gasteiger partial charge in [-0.15, -0.1) is 0 Å². The van der Waals surface area contributed by atoms with Crippen LogP contribution in [0, 0.1) is 5.92 Å². The Kier molecular flexibility index (Phi) is 6.24. The van der Waals surface area contributed by atoms with Crippen molar-refractivity contribution in [2.75, 3.05) is 0 Å². The van der Waals surface area contributed by atoms with Crippen LogP contribution in [0.5, 0.6) is 0 Å². The minimum atomic E-state index is -1.33. The lowest BCUT2D eigenvalue weighted by molar-refractivity contribution is -0.151. The molecule has 2 nitrogen and oxygen atoms in total. The third kappa shape index (κ3) is 4.98. The van der Waals surface area contributed by atoms with E-state index in [1.165, 1.54) is 45.1 Å². The second-order valence-electron chi connectivity index (χ2n) is 7.33. The summed E-state index contributed by atoms with van der Waals surface area (Å²) in [5.74, 6) is 0.467. The molecule has 1 aromatic carbocycles. The molecule has 0 N–H and O–H groups in total. The van der Waals surface area contributed by atoms with Crippen molar-refractivity contribution in [2.24, 2.45) is 5.92 Å². The van der Waals surface area contributed by atoms with Gasteiger partial charge in [0.2, 0.25) is 0 Å². The first-order valence-electron chi connectivity index (χ1n) is 8.72. The predicted octanol–water partition coefficient (Wildman–Crippen LogP) is 4.50. The molecule has 2 atom stereocenters. The van der Waals surface area contributed by atoms with E-state index in [0.717, 1.165) is 6.42 Å². The van der Waals surface area contributed by atoms with Crippen molar-refractivity contribution >= 4 is 19.2 Å². The molecule has 0 aromatic heterocycles. The van der Waals surface area contributed by atoms with Gasteiger partial charge in [0.15, 0.2) is 0 Å². The van der Waals surface area contributed by atoms with Gasteiger partial charge in [0.25, 0.3) is 0 Å². The molecule has 1 aliphatic carbocycles. The lowest BCUT2D eigenvalue weighted by atomic mass is 9.83. The number of carbonyl (C=O) groups excluding carboxylic acids is 1. The first kappa shape index (κ1) is 17.3. The number of ether oxygens (including phenoxy) is 1. The second kappa shape index (κ2) is 7.96. The predicted molar refractivity (Wildman–Crippen MR) is 95.1 cm³/mol. The maximum absolute atomic E-state index is 11.3. The minimum Gasteiger partial charge on any atom is -0.462 e. The fourth-order valence-corrected chi connectivity index (χ4v) is 6.18. The van der Waals surface area contributed by atoms with E-state index < -0.39 is 8.07 Å². The van der Waals surface area contributed by atoms with Crippen molar-refractivity contribution in [3.8, 4) is 0 Å². The van der Waals surface area contributed by atoms with Crippen LogP contribution in [-0.4, -0.2) is 20.1 Å². The van der Waals surface area contributed by atoms with E-state index in [2.05, 4.69) is 43.4 Å². The standard InChI is InChI=1S/C19H30O2Si/c1-16(20)21-19-14-8-7-10-17(19)11-9-15-22(2,3)18-12-5-4-6-13-18/h4-6,12-13,17,19H,7-11,14-15H2,1-3H3/t17-,19+/m0/s1. The molecule has 0 saturated heterocycles. The number of esters is 1. The molecular formula is C19H30O2Si. The first-order valence-corrected chi connectivity index (χ1v) is 11.9. The summed E-state index contributed by atoms with van der Waals surface area (Å²) in [6.45, 7) is 6.47. The van der Waals surface area contributed by atoms with Gasteiger partial charge >= 0.3 is 5.97 Å². The zero-order chi connectivity index (χ0) is 16.0. The van der Waals surface area contributed by atoms with Gasteiger partial charge in [-0.05, 0) is 31.6 Å². The largest absolute Gasteiger partial charge is 0.462 e. The fourth-order valence-electron chi connectivity index (χ4n) is 3.71. The van der Waals surface area contributed by atoms with Crippen LogP contribution >= 0.6 is 0 Å². The molecule has 0 unspecified atom stereocenters. The van der Waals surface area contributed by atoms with Crippen LogP contribution < -0.4 is 5.19 Å². The molecule has 1 fully saturated rings. The van der Waals surface area contributed by atoms with Crippen LogP contribution in [0.2, 0.25) is 19.1 Å². The van der Waals surface area contributed by atoms with Crippen molar-refractivity contribution in [1.29, 1.82) is 0 Å². The maximum Gasteiger partial charge on any atom is 0.302 e. The topological polar surface area (TPSA) is 26.3 Å². The fraction of sp³-hybridized carbons (Fsp3) is 0.632. The van der Waals surface area contributed by atoms with Crippen molar-refractivity contribution in [1.82, 2.24) is 0 Å². The highest BCUT2D eigenvalue weighted by atomic mass is 28.3. The van der Waals surface area contributed by atoms with E-state index in [1.54, 1.807) is 5.19 Å². The minimum absolute atomic E-state index is 0.115. The average molecular weight is 319 g/mol. The van der Waals surface area contributed by atoms with Gasteiger partial charge in [0.05, 0.1) is 8.07 Å². The normalized spacial score (nSPS) is 22.3. The number of hydrogen-bond acceptors (Lipinski definition) is 2. The highest BCUT2D eigenvalue weighted by Crippen LogP contribution is 2.31.